The lowest BCUT2D eigenvalue weighted by molar-refractivity contribution is -0.148. The summed E-state index contributed by atoms with van der Waals surface area (Å²) in [6.07, 6.45) is 5.13. The molecule has 3 unspecified atom stereocenters. The number of hydrogen-bond acceptors (Lipinski definition) is 3. The van der Waals surface area contributed by atoms with Crippen LogP contribution in [0.5, 0.6) is 0 Å². The molecule has 1 aromatic rings. The molecule has 1 N–H and O–H groups in total. The maximum Gasteiger partial charge on any atom is 0.306 e. The number of carbonyl (C=O) groups is 2. The summed E-state index contributed by atoms with van der Waals surface area (Å²) in [4.78, 5) is 23.5. The molecule has 0 spiro atoms. The topological polar surface area (TPSA) is 55.4 Å². The average molecular weight is 323 g/mol. The molecule has 1 amide bonds. The maximum absolute atomic E-state index is 13.0. The van der Waals surface area contributed by atoms with Crippen molar-refractivity contribution in [2.75, 3.05) is 11.9 Å². The van der Waals surface area contributed by atoms with Gasteiger partial charge in [0.2, 0.25) is 0 Å². The van der Waals surface area contributed by atoms with Crippen LogP contribution >= 0.6 is 0 Å². The Morgan fingerprint density at radius 3 is 2.65 bits per heavy atom. The SMILES string of the molecule is O=C(COC(=O)CC1CC2CCC1C2)Nc1ccc(F)c(F)c1. The highest BCUT2D eigenvalue weighted by atomic mass is 19.2. The summed E-state index contributed by atoms with van der Waals surface area (Å²) < 4.78 is 30.8. The highest BCUT2D eigenvalue weighted by Gasteiger charge is 2.40. The van der Waals surface area contributed by atoms with Gasteiger partial charge in [0.1, 0.15) is 0 Å². The van der Waals surface area contributed by atoms with Crippen molar-refractivity contribution in [3.8, 4) is 0 Å². The van der Waals surface area contributed by atoms with Crippen molar-refractivity contribution < 1.29 is 23.1 Å². The van der Waals surface area contributed by atoms with Crippen LogP contribution in [0.3, 0.4) is 0 Å². The van der Waals surface area contributed by atoms with Gasteiger partial charge in [-0.05, 0) is 49.1 Å². The molecule has 2 bridgehead atoms. The molecule has 1 aromatic carbocycles. The van der Waals surface area contributed by atoms with Crippen LogP contribution < -0.4 is 5.32 Å². The quantitative estimate of drug-likeness (QED) is 0.846. The van der Waals surface area contributed by atoms with Crippen molar-refractivity contribution in [3.05, 3.63) is 29.8 Å². The summed E-state index contributed by atoms with van der Waals surface area (Å²) in [5, 5.41) is 2.36. The van der Waals surface area contributed by atoms with Gasteiger partial charge in [-0.3, -0.25) is 9.59 Å². The second-order valence-corrected chi connectivity index (χ2v) is 6.48. The first-order valence-electron chi connectivity index (χ1n) is 7.92. The number of benzene rings is 1. The number of nitrogens with one attached hydrogen (secondary N) is 1. The summed E-state index contributed by atoms with van der Waals surface area (Å²) in [6, 6.07) is 3.05. The Morgan fingerprint density at radius 2 is 2.00 bits per heavy atom. The molecule has 0 radical (unpaired) electrons. The van der Waals surface area contributed by atoms with E-state index in [4.69, 9.17) is 4.74 Å². The molecule has 2 saturated carbocycles. The zero-order chi connectivity index (χ0) is 16.4. The molecule has 0 aliphatic heterocycles. The lowest BCUT2D eigenvalue weighted by Crippen LogP contribution is -2.23. The van der Waals surface area contributed by atoms with Crippen LogP contribution in [0.2, 0.25) is 0 Å². The van der Waals surface area contributed by atoms with Crippen molar-refractivity contribution >= 4 is 17.6 Å². The van der Waals surface area contributed by atoms with E-state index in [9.17, 15) is 18.4 Å². The molecule has 3 rings (SSSR count). The summed E-state index contributed by atoms with van der Waals surface area (Å²) in [6.45, 7) is -0.418. The van der Waals surface area contributed by atoms with Crippen molar-refractivity contribution in [1.29, 1.82) is 0 Å². The van der Waals surface area contributed by atoms with E-state index < -0.39 is 24.1 Å². The third kappa shape index (κ3) is 3.86. The lowest BCUT2D eigenvalue weighted by atomic mass is 9.86. The molecule has 4 nitrogen and oxygen atoms in total. The van der Waals surface area contributed by atoms with Gasteiger partial charge in [0, 0.05) is 18.2 Å². The second-order valence-electron chi connectivity index (χ2n) is 6.48. The minimum atomic E-state index is -1.05. The molecule has 23 heavy (non-hydrogen) atoms. The Balaban J connectivity index is 1.41. The molecule has 6 heteroatoms. The maximum atomic E-state index is 13.0. The van der Waals surface area contributed by atoms with Gasteiger partial charge in [-0.2, -0.15) is 0 Å². The molecule has 124 valence electrons. The number of ether oxygens (including phenoxy) is 1. The molecular weight excluding hydrogens is 304 g/mol. The number of fused-ring (bicyclic) bond motifs is 2. The molecule has 2 aliphatic carbocycles. The van der Waals surface area contributed by atoms with E-state index in [2.05, 4.69) is 5.32 Å². The monoisotopic (exact) mass is 323 g/mol. The minimum Gasteiger partial charge on any atom is -0.456 e. The van der Waals surface area contributed by atoms with E-state index >= 15 is 0 Å². The van der Waals surface area contributed by atoms with Gasteiger partial charge in [-0.15, -0.1) is 0 Å². The van der Waals surface area contributed by atoms with Crippen molar-refractivity contribution in [2.45, 2.75) is 32.1 Å². The smallest absolute Gasteiger partial charge is 0.306 e. The number of halogens is 2. The molecule has 3 atom stereocenters. The van der Waals surface area contributed by atoms with E-state index in [-0.39, 0.29) is 11.7 Å². The van der Waals surface area contributed by atoms with Crippen LogP contribution in [-0.4, -0.2) is 18.5 Å². The van der Waals surface area contributed by atoms with Crippen LogP contribution in [0.1, 0.15) is 32.1 Å². The number of anilines is 1. The van der Waals surface area contributed by atoms with Crippen LogP contribution in [0.4, 0.5) is 14.5 Å². The minimum absolute atomic E-state index is 0.123. The normalized spacial score (nSPS) is 25.4. The Hall–Kier alpha value is -1.98. The summed E-state index contributed by atoms with van der Waals surface area (Å²) in [7, 11) is 0. The summed E-state index contributed by atoms with van der Waals surface area (Å²) in [5.41, 5.74) is 0.123. The van der Waals surface area contributed by atoms with Crippen molar-refractivity contribution in [2.24, 2.45) is 17.8 Å². The van der Waals surface area contributed by atoms with Gasteiger partial charge in [-0.25, -0.2) is 8.78 Å². The van der Waals surface area contributed by atoms with Gasteiger partial charge in [0.15, 0.2) is 18.2 Å². The van der Waals surface area contributed by atoms with Crippen LogP contribution in [0.15, 0.2) is 18.2 Å². The van der Waals surface area contributed by atoms with Crippen LogP contribution in [0, 0.1) is 29.4 Å². The molecular formula is C17H19F2NO3. The van der Waals surface area contributed by atoms with E-state index in [0.717, 1.165) is 24.5 Å². The predicted molar refractivity (Wildman–Crippen MR) is 79.5 cm³/mol. The van der Waals surface area contributed by atoms with Crippen molar-refractivity contribution in [3.63, 3.8) is 0 Å². The summed E-state index contributed by atoms with van der Waals surface area (Å²) >= 11 is 0. The first-order valence-corrected chi connectivity index (χ1v) is 7.92. The molecule has 0 heterocycles. The molecule has 0 saturated heterocycles. The van der Waals surface area contributed by atoms with Gasteiger partial charge < -0.3 is 10.1 Å². The van der Waals surface area contributed by atoms with E-state index in [1.807, 2.05) is 0 Å². The number of rotatable bonds is 5. The fourth-order valence-corrected chi connectivity index (χ4v) is 3.82. The Bertz CT molecular complexity index is 620. The average Bonchev–Trinajstić information content (AvgIpc) is 3.12. The van der Waals surface area contributed by atoms with E-state index in [1.165, 1.54) is 25.3 Å². The van der Waals surface area contributed by atoms with Gasteiger partial charge in [0.05, 0.1) is 0 Å². The second kappa shape index (κ2) is 6.64. The van der Waals surface area contributed by atoms with Gasteiger partial charge in [0.25, 0.3) is 5.91 Å². The number of esters is 1. The van der Waals surface area contributed by atoms with E-state index in [1.54, 1.807) is 0 Å². The highest BCUT2D eigenvalue weighted by Crippen LogP contribution is 2.49. The zero-order valence-electron chi connectivity index (χ0n) is 12.7. The third-order valence-corrected chi connectivity index (χ3v) is 4.88. The van der Waals surface area contributed by atoms with Crippen LogP contribution in [0.25, 0.3) is 0 Å². The molecule has 0 aromatic heterocycles. The first-order chi connectivity index (χ1) is 11.0. The fraction of sp³-hybridized carbons (Fsp3) is 0.529. The van der Waals surface area contributed by atoms with Gasteiger partial charge in [-0.1, -0.05) is 6.42 Å². The van der Waals surface area contributed by atoms with Crippen LogP contribution in [-0.2, 0) is 14.3 Å². The number of hydrogen-bond donors (Lipinski definition) is 1. The van der Waals surface area contributed by atoms with Crippen molar-refractivity contribution in [1.82, 2.24) is 0 Å². The predicted octanol–water partition coefficient (Wildman–Crippen LogP) is 3.27. The van der Waals surface area contributed by atoms with Gasteiger partial charge >= 0.3 is 5.97 Å². The molecule has 2 fully saturated rings. The zero-order valence-corrected chi connectivity index (χ0v) is 12.7. The Labute approximate surface area is 133 Å². The third-order valence-electron chi connectivity index (χ3n) is 4.88. The Morgan fingerprint density at radius 1 is 1.17 bits per heavy atom. The summed E-state index contributed by atoms with van der Waals surface area (Å²) in [5.74, 6) is -1.20. The lowest BCUT2D eigenvalue weighted by Gasteiger charge is -2.20. The Kier molecular flexibility index (Phi) is 4.59. The van der Waals surface area contributed by atoms with E-state index in [0.29, 0.717) is 18.3 Å². The number of amides is 1. The first kappa shape index (κ1) is 15.9. The number of carbonyl (C=O) groups excluding carboxylic acids is 2. The largest absolute Gasteiger partial charge is 0.456 e. The highest BCUT2D eigenvalue weighted by molar-refractivity contribution is 5.92. The fourth-order valence-electron chi connectivity index (χ4n) is 3.82. The molecule has 2 aliphatic rings. The standard InChI is InChI=1S/C17H19F2NO3/c18-14-4-3-13(8-15(14)19)20-16(21)9-23-17(22)7-12-6-10-1-2-11(12)5-10/h3-4,8,10-12H,1-2,5-7,9H2,(H,20,21).